The van der Waals surface area contributed by atoms with Crippen LogP contribution in [0.4, 0.5) is 5.13 Å². The van der Waals surface area contributed by atoms with Gasteiger partial charge in [0.15, 0.2) is 0 Å². The number of aromatic nitrogens is 2. The van der Waals surface area contributed by atoms with E-state index in [-0.39, 0.29) is 5.75 Å². The lowest BCUT2D eigenvalue weighted by Gasteiger charge is -1.95. The van der Waals surface area contributed by atoms with Crippen LogP contribution in [0, 0.1) is 0 Å². The monoisotopic (exact) mass is 315 g/mol. The average Bonchev–Trinajstić information content (AvgIpc) is 2.96. The molecule has 0 aliphatic heterocycles. The molecule has 4 nitrogen and oxygen atoms in total. The summed E-state index contributed by atoms with van der Waals surface area (Å²) in [5.41, 5.74) is 1.58. The molecule has 3 aromatic rings. The molecule has 21 heavy (non-hydrogen) atoms. The highest BCUT2D eigenvalue weighted by atomic mass is 35.5. The molecule has 0 amide bonds. The molecule has 0 unspecified atom stereocenters. The molecule has 0 atom stereocenters. The van der Waals surface area contributed by atoms with E-state index in [1.54, 1.807) is 24.4 Å². The van der Waals surface area contributed by atoms with Crippen LogP contribution in [-0.4, -0.2) is 21.5 Å². The molecule has 1 aromatic heterocycles. The van der Waals surface area contributed by atoms with Crippen molar-refractivity contribution in [3.8, 4) is 16.3 Å². The number of halogens is 1. The number of phenolic OH excluding ortho intramolecular Hbond substituents is 1. The lowest BCUT2D eigenvalue weighted by Crippen LogP contribution is -1.80. The molecule has 3 rings (SSSR count). The SMILES string of the molecule is Oc1ccccc1/C=N/c1nnc(-c2ccc(Cl)cc2)s1. The highest BCUT2D eigenvalue weighted by Crippen LogP contribution is 2.29. The minimum Gasteiger partial charge on any atom is -0.507 e. The Kier molecular flexibility index (Phi) is 3.94. The van der Waals surface area contributed by atoms with Gasteiger partial charge in [-0.15, -0.1) is 10.2 Å². The predicted molar refractivity (Wildman–Crippen MR) is 85.7 cm³/mol. The number of nitrogens with zero attached hydrogens (tertiary/aromatic N) is 3. The van der Waals surface area contributed by atoms with Gasteiger partial charge in [-0.2, -0.15) is 0 Å². The number of benzene rings is 2. The standard InChI is InChI=1S/C15H10ClN3OS/c16-12-7-5-10(6-8-12)14-18-19-15(21-14)17-9-11-3-1-2-4-13(11)20/h1-9,20H/b17-9+. The fourth-order valence-corrected chi connectivity index (χ4v) is 2.52. The van der Waals surface area contributed by atoms with E-state index in [9.17, 15) is 5.11 Å². The highest BCUT2D eigenvalue weighted by Gasteiger charge is 2.05. The molecule has 0 saturated heterocycles. The van der Waals surface area contributed by atoms with Crippen LogP contribution in [0.15, 0.2) is 53.5 Å². The largest absolute Gasteiger partial charge is 0.507 e. The van der Waals surface area contributed by atoms with Gasteiger partial charge in [-0.25, -0.2) is 4.99 Å². The Hall–Kier alpha value is -2.24. The first-order chi connectivity index (χ1) is 10.2. The van der Waals surface area contributed by atoms with E-state index in [1.165, 1.54) is 11.3 Å². The van der Waals surface area contributed by atoms with Crippen LogP contribution in [0.3, 0.4) is 0 Å². The summed E-state index contributed by atoms with van der Waals surface area (Å²) in [6.45, 7) is 0. The summed E-state index contributed by atoms with van der Waals surface area (Å²) in [5, 5.41) is 19.8. The van der Waals surface area contributed by atoms with E-state index in [4.69, 9.17) is 11.6 Å². The maximum Gasteiger partial charge on any atom is 0.231 e. The quantitative estimate of drug-likeness (QED) is 0.732. The van der Waals surface area contributed by atoms with Crippen molar-refractivity contribution in [2.45, 2.75) is 0 Å². The van der Waals surface area contributed by atoms with Crippen LogP contribution in [0.5, 0.6) is 5.75 Å². The van der Waals surface area contributed by atoms with Gasteiger partial charge in [0.2, 0.25) is 5.13 Å². The zero-order valence-electron chi connectivity index (χ0n) is 10.8. The van der Waals surface area contributed by atoms with E-state index in [1.807, 2.05) is 30.3 Å². The maximum absolute atomic E-state index is 9.66. The maximum atomic E-state index is 9.66. The third kappa shape index (κ3) is 3.26. The second-order valence-corrected chi connectivity index (χ2v) is 5.61. The Morgan fingerprint density at radius 2 is 1.81 bits per heavy atom. The number of hydrogen-bond donors (Lipinski definition) is 1. The van der Waals surface area contributed by atoms with Crippen LogP contribution in [0.25, 0.3) is 10.6 Å². The third-order valence-electron chi connectivity index (χ3n) is 2.76. The van der Waals surface area contributed by atoms with E-state index in [0.717, 1.165) is 10.6 Å². The number of aromatic hydroxyl groups is 1. The van der Waals surface area contributed by atoms with Crippen LogP contribution in [-0.2, 0) is 0 Å². The molecule has 2 aromatic carbocycles. The summed E-state index contributed by atoms with van der Waals surface area (Å²) >= 11 is 7.23. The molecular formula is C15H10ClN3OS. The van der Waals surface area contributed by atoms with Gasteiger partial charge in [0.05, 0.1) is 0 Å². The zero-order chi connectivity index (χ0) is 14.7. The summed E-state index contributed by atoms with van der Waals surface area (Å²) < 4.78 is 0. The second-order valence-electron chi connectivity index (χ2n) is 4.21. The first kappa shape index (κ1) is 13.7. The number of phenols is 1. The molecule has 0 radical (unpaired) electrons. The minimum absolute atomic E-state index is 0.184. The van der Waals surface area contributed by atoms with Gasteiger partial charge in [0, 0.05) is 22.4 Å². The normalized spacial score (nSPS) is 11.1. The minimum atomic E-state index is 0.184. The van der Waals surface area contributed by atoms with Crippen molar-refractivity contribution < 1.29 is 5.11 Å². The third-order valence-corrected chi connectivity index (χ3v) is 3.89. The summed E-state index contributed by atoms with van der Waals surface area (Å²) in [4.78, 5) is 4.23. The summed E-state index contributed by atoms with van der Waals surface area (Å²) in [6, 6.07) is 14.4. The van der Waals surface area contributed by atoms with Crippen molar-refractivity contribution in [3.63, 3.8) is 0 Å². The van der Waals surface area contributed by atoms with E-state index >= 15 is 0 Å². The Labute approximate surface area is 130 Å². The predicted octanol–water partition coefficient (Wildman–Crippen LogP) is 4.31. The molecule has 0 spiro atoms. The van der Waals surface area contributed by atoms with E-state index < -0.39 is 0 Å². The topological polar surface area (TPSA) is 58.4 Å². The van der Waals surface area contributed by atoms with Gasteiger partial charge in [0.1, 0.15) is 10.8 Å². The molecule has 0 saturated carbocycles. The Morgan fingerprint density at radius 1 is 1.05 bits per heavy atom. The summed E-state index contributed by atoms with van der Waals surface area (Å²) in [6.07, 6.45) is 1.57. The number of rotatable bonds is 3. The van der Waals surface area contributed by atoms with Crippen LogP contribution in [0.1, 0.15) is 5.56 Å². The molecule has 1 N–H and O–H groups in total. The Balaban J connectivity index is 1.82. The van der Waals surface area contributed by atoms with Crippen molar-refractivity contribution in [1.29, 1.82) is 0 Å². The van der Waals surface area contributed by atoms with Gasteiger partial charge >= 0.3 is 0 Å². The van der Waals surface area contributed by atoms with Crippen molar-refractivity contribution in [2.75, 3.05) is 0 Å². The number of para-hydroxylation sites is 1. The van der Waals surface area contributed by atoms with Crippen LogP contribution in [0.2, 0.25) is 5.02 Å². The first-order valence-electron chi connectivity index (χ1n) is 6.14. The molecule has 6 heteroatoms. The van der Waals surface area contributed by atoms with Gasteiger partial charge in [0.25, 0.3) is 0 Å². The smallest absolute Gasteiger partial charge is 0.231 e. The van der Waals surface area contributed by atoms with Crippen LogP contribution < -0.4 is 0 Å². The van der Waals surface area contributed by atoms with E-state index in [0.29, 0.717) is 15.7 Å². The molecule has 0 bridgehead atoms. The van der Waals surface area contributed by atoms with Crippen LogP contribution >= 0.6 is 22.9 Å². The van der Waals surface area contributed by atoms with Crippen molar-refractivity contribution in [1.82, 2.24) is 10.2 Å². The average molecular weight is 316 g/mol. The Bertz CT molecular complexity index is 784. The molecule has 104 valence electrons. The molecule has 0 fully saturated rings. The van der Waals surface area contributed by atoms with E-state index in [2.05, 4.69) is 15.2 Å². The zero-order valence-corrected chi connectivity index (χ0v) is 12.3. The van der Waals surface area contributed by atoms with Crippen molar-refractivity contribution in [3.05, 3.63) is 59.1 Å². The molecule has 0 aliphatic rings. The van der Waals surface area contributed by atoms with Crippen molar-refractivity contribution >= 4 is 34.3 Å². The first-order valence-corrected chi connectivity index (χ1v) is 7.33. The number of hydrogen-bond acceptors (Lipinski definition) is 5. The highest BCUT2D eigenvalue weighted by molar-refractivity contribution is 7.18. The van der Waals surface area contributed by atoms with Gasteiger partial charge in [-0.05, 0) is 24.3 Å². The summed E-state index contributed by atoms with van der Waals surface area (Å²) in [5.74, 6) is 0.184. The Morgan fingerprint density at radius 3 is 2.57 bits per heavy atom. The summed E-state index contributed by atoms with van der Waals surface area (Å²) in [7, 11) is 0. The van der Waals surface area contributed by atoms with Gasteiger partial charge < -0.3 is 5.11 Å². The van der Waals surface area contributed by atoms with Gasteiger partial charge in [-0.1, -0.05) is 47.2 Å². The number of aliphatic imine (C=N–C) groups is 1. The van der Waals surface area contributed by atoms with Gasteiger partial charge in [-0.3, -0.25) is 0 Å². The van der Waals surface area contributed by atoms with Crippen molar-refractivity contribution in [2.24, 2.45) is 4.99 Å². The molecule has 1 heterocycles. The second kappa shape index (κ2) is 6.03. The lowest BCUT2D eigenvalue weighted by molar-refractivity contribution is 0.474. The lowest BCUT2D eigenvalue weighted by atomic mass is 10.2. The fraction of sp³-hybridized carbons (Fsp3) is 0. The fourth-order valence-electron chi connectivity index (χ4n) is 1.70. The molecule has 0 aliphatic carbocycles. The molecular weight excluding hydrogens is 306 g/mol.